The van der Waals surface area contributed by atoms with Crippen molar-refractivity contribution in [2.75, 3.05) is 32.1 Å². The normalized spacial score (nSPS) is 23.5. The molecule has 1 heterocycles. The zero-order chi connectivity index (χ0) is 11.3. The molecule has 0 aromatic heterocycles. The van der Waals surface area contributed by atoms with Crippen LogP contribution < -0.4 is 5.32 Å². The third-order valence-electron chi connectivity index (χ3n) is 3.06. The Kier molecular flexibility index (Phi) is 5.47. The fraction of sp³-hybridized carbons (Fsp3) is 0.909. The molecule has 0 radical (unpaired) electrons. The van der Waals surface area contributed by atoms with Crippen LogP contribution in [0, 0.1) is 5.92 Å². The summed E-state index contributed by atoms with van der Waals surface area (Å²) in [5.41, 5.74) is 0. The summed E-state index contributed by atoms with van der Waals surface area (Å²) in [6, 6.07) is 0.342. The van der Waals surface area contributed by atoms with Crippen LogP contribution in [-0.4, -0.2) is 49.0 Å². The van der Waals surface area contributed by atoms with E-state index in [1.165, 1.54) is 0 Å². The lowest BCUT2D eigenvalue weighted by Crippen LogP contribution is -2.45. The molecule has 0 saturated carbocycles. The van der Waals surface area contributed by atoms with E-state index in [1.54, 1.807) is 11.8 Å². The maximum Gasteiger partial charge on any atom is 0.226 e. The molecule has 0 bridgehead atoms. The third kappa shape index (κ3) is 3.68. The van der Waals surface area contributed by atoms with Crippen LogP contribution in [0.2, 0.25) is 0 Å². The highest BCUT2D eigenvalue weighted by Crippen LogP contribution is 2.15. The van der Waals surface area contributed by atoms with Crippen LogP contribution in [0.25, 0.3) is 0 Å². The minimum atomic E-state index is 0.202. The molecule has 3 nitrogen and oxygen atoms in total. The molecule has 1 amide bonds. The Morgan fingerprint density at radius 1 is 1.67 bits per heavy atom. The van der Waals surface area contributed by atoms with Crippen molar-refractivity contribution in [1.29, 1.82) is 0 Å². The van der Waals surface area contributed by atoms with Crippen LogP contribution in [0.3, 0.4) is 0 Å². The van der Waals surface area contributed by atoms with Gasteiger partial charge in [-0.15, -0.1) is 0 Å². The van der Waals surface area contributed by atoms with E-state index in [-0.39, 0.29) is 5.92 Å². The van der Waals surface area contributed by atoms with Gasteiger partial charge < -0.3 is 10.2 Å². The monoisotopic (exact) mass is 230 g/mol. The van der Waals surface area contributed by atoms with Gasteiger partial charge in [-0.2, -0.15) is 11.8 Å². The lowest BCUT2D eigenvalue weighted by Gasteiger charge is -2.30. The van der Waals surface area contributed by atoms with E-state index in [9.17, 15) is 4.79 Å². The molecule has 0 aliphatic carbocycles. The first-order chi connectivity index (χ1) is 7.16. The maximum atomic E-state index is 12.1. The molecule has 0 aromatic carbocycles. The topological polar surface area (TPSA) is 32.3 Å². The standard InChI is InChI=1S/C11H22N2OS/c1-9(8-15-3)13(2)11(14)10-5-4-6-12-7-10/h9-10,12H,4-8H2,1-3H3/t9?,10-/m1/s1. The quantitative estimate of drug-likeness (QED) is 0.787. The number of piperidine rings is 1. The molecule has 1 N–H and O–H groups in total. The number of rotatable bonds is 4. The van der Waals surface area contributed by atoms with Crippen LogP contribution in [0.15, 0.2) is 0 Å². The van der Waals surface area contributed by atoms with Gasteiger partial charge in [-0.25, -0.2) is 0 Å². The zero-order valence-electron chi connectivity index (χ0n) is 9.95. The number of nitrogens with zero attached hydrogens (tertiary/aromatic N) is 1. The molecule has 1 saturated heterocycles. The molecule has 15 heavy (non-hydrogen) atoms. The highest BCUT2D eigenvalue weighted by atomic mass is 32.2. The molecule has 0 aromatic rings. The van der Waals surface area contributed by atoms with E-state index in [0.29, 0.717) is 11.9 Å². The van der Waals surface area contributed by atoms with Crippen molar-refractivity contribution in [2.45, 2.75) is 25.8 Å². The van der Waals surface area contributed by atoms with Gasteiger partial charge in [-0.05, 0) is 32.6 Å². The van der Waals surface area contributed by atoms with Crippen molar-refractivity contribution in [3.8, 4) is 0 Å². The summed E-state index contributed by atoms with van der Waals surface area (Å²) < 4.78 is 0. The summed E-state index contributed by atoms with van der Waals surface area (Å²) >= 11 is 1.79. The molecule has 0 spiro atoms. The zero-order valence-corrected chi connectivity index (χ0v) is 10.8. The average Bonchev–Trinajstić information content (AvgIpc) is 2.28. The molecule has 1 aliphatic rings. The van der Waals surface area contributed by atoms with E-state index in [4.69, 9.17) is 0 Å². The minimum absolute atomic E-state index is 0.202. The highest BCUT2D eigenvalue weighted by molar-refractivity contribution is 7.98. The van der Waals surface area contributed by atoms with Gasteiger partial charge in [0.1, 0.15) is 0 Å². The first-order valence-electron chi connectivity index (χ1n) is 5.63. The van der Waals surface area contributed by atoms with Crippen molar-refractivity contribution in [2.24, 2.45) is 5.92 Å². The predicted molar refractivity (Wildman–Crippen MR) is 66.2 cm³/mol. The van der Waals surface area contributed by atoms with Crippen LogP contribution >= 0.6 is 11.8 Å². The minimum Gasteiger partial charge on any atom is -0.342 e. The molecule has 88 valence electrons. The number of hydrogen-bond donors (Lipinski definition) is 1. The molecule has 4 heteroatoms. The molecular weight excluding hydrogens is 208 g/mol. The lowest BCUT2D eigenvalue weighted by atomic mass is 9.98. The van der Waals surface area contributed by atoms with Crippen molar-refractivity contribution in [3.63, 3.8) is 0 Å². The number of amides is 1. The average molecular weight is 230 g/mol. The smallest absolute Gasteiger partial charge is 0.226 e. The van der Waals surface area contributed by atoms with Crippen molar-refractivity contribution >= 4 is 17.7 Å². The number of carbonyl (C=O) groups is 1. The number of hydrogen-bond acceptors (Lipinski definition) is 3. The van der Waals surface area contributed by atoms with Gasteiger partial charge in [0.2, 0.25) is 5.91 Å². The van der Waals surface area contributed by atoms with Gasteiger partial charge in [-0.3, -0.25) is 4.79 Å². The van der Waals surface area contributed by atoms with Crippen LogP contribution in [0.1, 0.15) is 19.8 Å². The SMILES string of the molecule is CSCC(C)N(C)C(=O)[C@@H]1CCCNC1. The summed E-state index contributed by atoms with van der Waals surface area (Å²) in [6.45, 7) is 4.04. The van der Waals surface area contributed by atoms with Gasteiger partial charge in [0.05, 0.1) is 5.92 Å². The number of carbonyl (C=O) groups excluding carboxylic acids is 1. The molecule has 1 fully saturated rings. The first-order valence-corrected chi connectivity index (χ1v) is 7.02. The van der Waals surface area contributed by atoms with Crippen LogP contribution in [0.4, 0.5) is 0 Å². The molecule has 1 rings (SSSR count). The second-order valence-electron chi connectivity index (χ2n) is 4.30. The first kappa shape index (κ1) is 12.8. The predicted octanol–water partition coefficient (Wildman–Crippen LogP) is 1.20. The maximum absolute atomic E-state index is 12.1. The van der Waals surface area contributed by atoms with Crippen molar-refractivity contribution in [1.82, 2.24) is 10.2 Å². The van der Waals surface area contributed by atoms with E-state index < -0.39 is 0 Å². The molecule has 1 aliphatic heterocycles. The molecule has 2 atom stereocenters. The largest absolute Gasteiger partial charge is 0.342 e. The lowest BCUT2D eigenvalue weighted by molar-refractivity contribution is -0.136. The third-order valence-corrected chi connectivity index (χ3v) is 3.88. The summed E-state index contributed by atoms with van der Waals surface area (Å²) in [5.74, 6) is 1.53. The molecule has 1 unspecified atom stereocenters. The Balaban J connectivity index is 2.43. The Hall–Kier alpha value is -0.220. The molecular formula is C11H22N2OS. The Morgan fingerprint density at radius 3 is 2.93 bits per heavy atom. The van der Waals surface area contributed by atoms with Crippen molar-refractivity contribution < 1.29 is 4.79 Å². The van der Waals surface area contributed by atoms with Gasteiger partial charge in [0.15, 0.2) is 0 Å². The summed E-state index contributed by atoms with van der Waals surface area (Å²) in [6.07, 6.45) is 4.25. The van der Waals surface area contributed by atoms with Crippen LogP contribution in [0.5, 0.6) is 0 Å². The fourth-order valence-electron chi connectivity index (χ4n) is 1.92. The second-order valence-corrected chi connectivity index (χ2v) is 5.21. The highest BCUT2D eigenvalue weighted by Gasteiger charge is 2.25. The van der Waals surface area contributed by atoms with Crippen molar-refractivity contribution in [3.05, 3.63) is 0 Å². The van der Waals surface area contributed by atoms with Gasteiger partial charge in [-0.1, -0.05) is 0 Å². The number of nitrogens with one attached hydrogen (secondary N) is 1. The van der Waals surface area contributed by atoms with Gasteiger partial charge in [0, 0.05) is 25.4 Å². The Labute approximate surface area is 97.0 Å². The van der Waals surface area contributed by atoms with Crippen LogP contribution in [-0.2, 0) is 4.79 Å². The summed E-state index contributed by atoms with van der Waals surface area (Å²) in [5, 5.41) is 3.29. The second kappa shape index (κ2) is 6.38. The fourth-order valence-corrected chi connectivity index (χ4v) is 2.63. The number of thioether (sulfide) groups is 1. The van der Waals surface area contributed by atoms with E-state index in [1.807, 2.05) is 11.9 Å². The van der Waals surface area contributed by atoms with Gasteiger partial charge >= 0.3 is 0 Å². The van der Waals surface area contributed by atoms with E-state index in [2.05, 4.69) is 18.5 Å². The summed E-state index contributed by atoms with van der Waals surface area (Å²) in [7, 11) is 1.93. The summed E-state index contributed by atoms with van der Waals surface area (Å²) in [4.78, 5) is 14.0. The Morgan fingerprint density at radius 2 is 2.40 bits per heavy atom. The van der Waals surface area contributed by atoms with E-state index in [0.717, 1.165) is 31.7 Å². The Bertz CT molecular complexity index is 205. The van der Waals surface area contributed by atoms with E-state index >= 15 is 0 Å². The van der Waals surface area contributed by atoms with Gasteiger partial charge in [0.25, 0.3) is 0 Å².